The fraction of sp³-hybridized carbons (Fsp3) is 0.121. The van der Waals surface area contributed by atoms with Crippen LogP contribution >= 0.6 is 34.8 Å². The number of nitrogens with zero attached hydrogens (tertiary/aromatic N) is 1. The van der Waals surface area contributed by atoms with Crippen molar-refractivity contribution >= 4 is 69.9 Å². The number of hydrogen-bond acceptors (Lipinski definition) is 7. The van der Waals surface area contributed by atoms with Gasteiger partial charge in [-0.15, -0.1) is 0 Å². The van der Waals surface area contributed by atoms with Gasteiger partial charge in [-0.1, -0.05) is 65.1 Å². The van der Waals surface area contributed by atoms with E-state index in [1.165, 1.54) is 53.4 Å². The van der Waals surface area contributed by atoms with E-state index in [2.05, 4.69) is 0 Å². The lowest BCUT2D eigenvalue weighted by atomic mass is 10.0. The summed E-state index contributed by atoms with van der Waals surface area (Å²) in [7, 11) is 0. The molecule has 8 nitrogen and oxygen atoms in total. The highest BCUT2D eigenvalue weighted by Gasteiger charge is 2.38. The molecule has 1 aliphatic heterocycles. The van der Waals surface area contributed by atoms with Gasteiger partial charge < -0.3 is 14.4 Å². The van der Waals surface area contributed by atoms with Crippen molar-refractivity contribution < 1.29 is 33.4 Å². The first-order valence-corrected chi connectivity index (χ1v) is 14.4. The molecule has 0 unspecified atom stereocenters. The van der Waals surface area contributed by atoms with Gasteiger partial charge in [0.1, 0.15) is 5.75 Å². The van der Waals surface area contributed by atoms with Crippen LogP contribution in [0.5, 0.6) is 5.75 Å². The molecule has 0 saturated carbocycles. The number of rotatable bonds is 9. The zero-order chi connectivity index (χ0) is 31.4. The van der Waals surface area contributed by atoms with E-state index in [4.69, 9.17) is 44.3 Å². The van der Waals surface area contributed by atoms with Crippen LogP contribution in [-0.2, 0) is 14.3 Å². The molecule has 1 fully saturated rings. The van der Waals surface area contributed by atoms with Crippen LogP contribution in [0.15, 0.2) is 91.0 Å². The average Bonchev–Trinajstić information content (AvgIpc) is 3.41. The summed E-state index contributed by atoms with van der Waals surface area (Å²) in [5.41, 5.74) is 1.33. The molecule has 5 rings (SSSR count). The zero-order valence-electron chi connectivity index (χ0n) is 22.8. The molecule has 1 aliphatic rings. The van der Waals surface area contributed by atoms with E-state index >= 15 is 0 Å². The Morgan fingerprint density at radius 2 is 1.45 bits per heavy atom. The van der Waals surface area contributed by atoms with Crippen molar-refractivity contribution in [3.63, 3.8) is 0 Å². The molecule has 1 heterocycles. The predicted octanol–water partition coefficient (Wildman–Crippen LogP) is 6.88. The van der Waals surface area contributed by atoms with Crippen LogP contribution in [-0.4, -0.2) is 42.6 Å². The normalized spacial score (nSPS) is 14.3. The minimum atomic E-state index is -0.841. The molecule has 44 heavy (non-hydrogen) atoms. The van der Waals surface area contributed by atoms with Crippen LogP contribution in [0.25, 0.3) is 0 Å². The molecule has 0 spiro atoms. The van der Waals surface area contributed by atoms with E-state index < -0.39 is 30.2 Å². The van der Waals surface area contributed by atoms with Gasteiger partial charge in [0.15, 0.2) is 18.2 Å². The maximum Gasteiger partial charge on any atom is 0.345 e. The van der Waals surface area contributed by atoms with Gasteiger partial charge in [-0.3, -0.25) is 19.2 Å². The number of amides is 1. The molecule has 4 aromatic carbocycles. The number of carbonyl (C=O) groups is 5. The van der Waals surface area contributed by atoms with Gasteiger partial charge in [-0.05, 0) is 60.7 Å². The van der Waals surface area contributed by atoms with Crippen molar-refractivity contribution in [2.45, 2.75) is 6.42 Å². The van der Waals surface area contributed by atoms with Gasteiger partial charge in [0, 0.05) is 39.7 Å². The second-order valence-corrected chi connectivity index (χ2v) is 11.1. The second-order valence-electron chi connectivity index (χ2n) is 9.83. The highest BCUT2D eigenvalue weighted by molar-refractivity contribution is 6.36. The topological polar surface area (TPSA) is 107 Å². The molecule has 4 aromatic rings. The molecule has 1 amide bonds. The Hall–Kier alpha value is -4.50. The maximum absolute atomic E-state index is 13.2. The summed E-state index contributed by atoms with van der Waals surface area (Å²) in [6, 6.07) is 23.2. The van der Waals surface area contributed by atoms with Crippen molar-refractivity contribution in [3.8, 4) is 5.75 Å². The molecule has 0 N–H and O–H groups in total. The monoisotopic (exact) mass is 649 g/mol. The third-order valence-electron chi connectivity index (χ3n) is 6.87. The third kappa shape index (κ3) is 7.00. The number of Topliss-reactive ketones (excluding diaryl/α,β-unsaturated/α-hetero) is 1. The van der Waals surface area contributed by atoms with Crippen molar-refractivity contribution in [1.29, 1.82) is 0 Å². The van der Waals surface area contributed by atoms with Gasteiger partial charge in [0.05, 0.1) is 22.2 Å². The Morgan fingerprint density at radius 3 is 2.16 bits per heavy atom. The molecule has 0 aromatic heterocycles. The number of anilines is 1. The SMILES string of the molecule is O=C(COC(=O)[C@H]1CC(=O)N(c2ccc(Cl)cc2C(=O)c2ccccc2)C1)c1ccc(OC(=O)c2ccc(Cl)cc2Cl)cc1. The van der Waals surface area contributed by atoms with E-state index in [1.54, 1.807) is 42.5 Å². The molecule has 1 saturated heterocycles. The quantitative estimate of drug-likeness (QED) is 0.110. The summed E-state index contributed by atoms with van der Waals surface area (Å²) in [4.78, 5) is 65.4. The number of carbonyl (C=O) groups excluding carboxylic acids is 5. The third-order valence-corrected chi connectivity index (χ3v) is 7.65. The largest absolute Gasteiger partial charge is 0.457 e. The van der Waals surface area contributed by atoms with Crippen molar-refractivity contribution in [2.75, 3.05) is 18.1 Å². The zero-order valence-corrected chi connectivity index (χ0v) is 25.1. The number of esters is 2. The van der Waals surface area contributed by atoms with Crippen LogP contribution in [0.3, 0.4) is 0 Å². The van der Waals surface area contributed by atoms with Gasteiger partial charge in [-0.25, -0.2) is 4.79 Å². The highest BCUT2D eigenvalue weighted by Crippen LogP contribution is 2.32. The van der Waals surface area contributed by atoms with Crippen LogP contribution in [0.1, 0.15) is 43.1 Å². The van der Waals surface area contributed by atoms with Crippen LogP contribution in [0.2, 0.25) is 15.1 Å². The Balaban J connectivity index is 1.19. The van der Waals surface area contributed by atoms with Crippen molar-refractivity contribution in [3.05, 3.63) is 128 Å². The standard InChI is InChI=1S/C33H22Cl3NO7/c34-22-9-13-28(26(15-22)31(40)20-4-2-1-3-5-20)37-17-21(14-30(37)39)32(41)43-18-29(38)19-6-10-24(11-7-19)44-33(42)25-12-8-23(35)16-27(25)36/h1-13,15-16,21H,14,17-18H2/t21-/m0/s1. The van der Waals surface area contributed by atoms with Gasteiger partial charge in [0.25, 0.3) is 0 Å². The smallest absolute Gasteiger partial charge is 0.345 e. The summed E-state index contributed by atoms with van der Waals surface area (Å²) >= 11 is 18.1. The molecule has 11 heteroatoms. The average molecular weight is 651 g/mol. The summed E-state index contributed by atoms with van der Waals surface area (Å²) in [6.45, 7) is -0.581. The first kappa shape index (κ1) is 30.9. The fourth-order valence-corrected chi connectivity index (χ4v) is 5.29. The molecule has 0 aliphatic carbocycles. The Labute approximate surface area is 267 Å². The lowest BCUT2D eigenvalue weighted by Gasteiger charge is -2.20. The number of benzene rings is 4. The summed E-state index contributed by atoms with van der Waals surface area (Å²) in [5.74, 6) is -3.26. The highest BCUT2D eigenvalue weighted by atomic mass is 35.5. The fourth-order valence-electron chi connectivity index (χ4n) is 4.63. The van der Waals surface area contributed by atoms with Crippen molar-refractivity contribution in [2.24, 2.45) is 5.92 Å². The number of ether oxygens (including phenoxy) is 2. The van der Waals surface area contributed by atoms with Crippen LogP contribution in [0, 0.1) is 5.92 Å². The summed E-state index contributed by atoms with van der Waals surface area (Å²) in [6.07, 6.45) is -0.147. The second kappa shape index (κ2) is 13.4. The van der Waals surface area contributed by atoms with Gasteiger partial charge in [0.2, 0.25) is 5.91 Å². The maximum atomic E-state index is 13.2. The molecule has 0 bridgehead atoms. The predicted molar refractivity (Wildman–Crippen MR) is 165 cm³/mol. The summed E-state index contributed by atoms with van der Waals surface area (Å²) < 4.78 is 10.6. The molecular formula is C33H22Cl3NO7. The van der Waals surface area contributed by atoms with E-state index in [0.29, 0.717) is 21.3 Å². The van der Waals surface area contributed by atoms with E-state index in [1.807, 2.05) is 0 Å². The molecule has 222 valence electrons. The van der Waals surface area contributed by atoms with Crippen molar-refractivity contribution in [1.82, 2.24) is 0 Å². The van der Waals surface area contributed by atoms with E-state index in [-0.39, 0.29) is 52.1 Å². The number of hydrogen-bond donors (Lipinski definition) is 0. The van der Waals surface area contributed by atoms with Gasteiger partial charge >= 0.3 is 11.9 Å². The summed E-state index contributed by atoms with van der Waals surface area (Å²) in [5, 5.41) is 0.835. The van der Waals surface area contributed by atoms with Gasteiger partial charge in [-0.2, -0.15) is 0 Å². The molecule has 1 atom stereocenters. The van der Waals surface area contributed by atoms with Crippen LogP contribution in [0.4, 0.5) is 5.69 Å². The molecular weight excluding hydrogens is 629 g/mol. The van der Waals surface area contributed by atoms with E-state index in [9.17, 15) is 24.0 Å². The first-order chi connectivity index (χ1) is 21.1. The molecule has 0 radical (unpaired) electrons. The lowest BCUT2D eigenvalue weighted by molar-refractivity contribution is -0.147. The Morgan fingerprint density at radius 1 is 0.773 bits per heavy atom. The minimum absolute atomic E-state index is 0.0275. The lowest BCUT2D eigenvalue weighted by Crippen LogP contribution is -2.28. The first-order valence-electron chi connectivity index (χ1n) is 13.3. The Bertz CT molecular complexity index is 1770. The van der Waals surface area contributed by atoms with Crippen LogP contribution < -0.4 is 9.64 Å². The Kier molecular flexibility index (Phi) is 9.44. The number of ketones is 2. The minimum Gasteiger partial charge on any atom is -0.457 e. The van der Waals surface area contributed by atoms with E-state index in [0.717, 1.165) is 0 Å². The number of halogens is 3.